The second kappa shape index (κ2) is 8.08. The number of carbonyl (C=O) groups excluding carboxylic acids is 4. The molecule has 2 N–H and O–H groups in total. The number of anilines is 1. The molecule has 1 saturated heterocycles. The molecule has 10 nitrogen and oxygen atoms in total. The van der Waals surface area contributed by atoms with E-state index in [-0.39, 0.29) is 17.2 Å². The number of hydrogen-bond acceptors (Lipinski definition) is 7. The lowest BCUT2D eigenvalue weighted by atomic mass is 9.73. The molecule has 0 unspecified atom stereocenters. The Kier molecular flexibility index (Phi) is 5.87. The maximum atomic E-state index is 12.8. The molecule has 1 aliphatic carbocycles. The summed E-state index contributed by atoms with van der Waals surface area (Å²) in [4.78, 5) is 50.1. The molecule has 164 valence electrons. The predicted molar refractivity (Wildman–Crippen MR) is 105 cm³/mol. The highest BCUT2D eigenvalue weighted by molar-refractivity contribution is 6.09. The average Bonchev–Trinajstić information content (AvgIpc) is 3.22. The van der Waals surface area contributed by atoms with E-state index in [2.05, 4.69) is 15.8 Å². The van der Waals surface area contributed by atoms with Gasteiger partial charge in [-0.05, 0) is 18.8 Å². The van der Waals surface area contributed by atoms with E-state index in [0.29, 0.717) is 12.1 Å². The molecule has 1 spiro atoms. The normalized spacial score (nSPS) is 24.1. The molecule has 0 bridgehead atoms. The summed E-state index contributed by atoms with van der Waals surface area (Å²) in [6, 6.07) is 0.990. The first-order valence-corrected chi connectivity index (χ1v) is 10.1. The van der Waals surface area contributed by atoms with E-state index < -0.39 is 42.5 Å². The zero-order chi connectivity index (χ0) is 22.1. The quantitative estimate of drug-likeness (QED) is 0.550. The summed E-state index contributed by atoms with van der Waals surface area (Å²) in [5, 5.41) is 9.10. The van der Waals surface area contributed by atoms with Crippen molar-refractivity contribution in [3.63, 3.8) is 0 Å². The predicted octanol–water partition coefficient (Wildman–Crippen LogP) is 1.95. The zero-order valence-electron chi connectivity index (χ0n) is 17.7. The van der Waals surface area contributed by atoms with Crippen LogP contribution in [-0.4, -0.2) is 52.6 Å². The Morgan fingerprint density at radius 2 is 2.10 bits per heavy atom. The molecule has 2 atom stereocenters. The third-order valence-corrected chi connectivity index (χ3v) is 5.69. The van der Waals surface area contributed by atoms with Crippen molar-refractivity contribution in [3.8, 4) is 0 Å². The number of urea groups is 1. The summed E-state index contributed by atoms with van der Waals surface area (Å²) < 4.78 is 9.97. The standard InChI is InChI=1S/C20H28N4O6/c1-12-7-5-6-8-20(12)17(27)24(18(28)22-20)10-16(26)29-11-14(25)21-15-9-13(23-30-15)19(2,3)4/h9,12H,5-8,10-11H2,1-4H3,(H,21,25)(H,22,28)/t12-,20-/m1/s1. The molecule has 1 aliphatic heterocycles. The molecule has 2 aliphatic rings. The molecule has 1 saturated carbocycles. The van der Waals surface area contributed by atoms with E-state index in [9.17, 15) is 19.2 Å². The van der Waals surface area contributed by atoms with Crippen LogP contribution in [0.5, 0.6) is 0 Å². The summed E-state index contributed by atoms with van der Waals surface area (Å²) in [5.41, 5.74) is -0.516. The summed E-state index contributed by atoms with van der Waals surface area (Å²) in [6.07, 6.45) is 3.24. The first kappa shape index (κ1) is 21.8. The number of rotatable bonds is 5. The molecule has 1 aromatic rings. The fourth-order valence-corrected chi connectivity index (χ4v) is 3.82. The van der Waals surface area contributed by atoms with Crippen LogP contribution >= 0.6 is 0 Å². The largest absolute Gasteiger partial charge is 0.454 e. The van der Waals surface area contributed by atoms with E-state index >= 15 is 0 Å². The van der Waals surface area contributed by atoms with Crippen LogP contribution in [-0.2, 0) is 24.5 Å². The molecular weight excluding hydrogens is 392 g/mol. The molecular formula is C20H28N4O6. The highest BCUT2D eigenvalue weighted by atomic mass is 16.5. The van der Waals surface area contributed by atoms with Crippen LogP contribution in [0.15, 0.2) is 10.6 Å². The van der Waals surface area contributed by atoms with Crippen LogP contribution in [0.2, 0.25) is 0 Å². The minimum absolute atomic E-state index is 0.00519. The summed E-state index contributed by atoms with van der Waals surface area (Å²) >= 11 is 0. The Balaban J connectivity index is 1.51. The van der Waals surface area contributed by atoms with E-state index in [1.165, 1.54) is 0 Å². The Bertz CT molecular complexity index is 858. The Morgan fingerprint density at radius 3 is 2.73 bits per heavy atom. The van der Waals surface area contributed by atoms with Crippen molar-refractivity contribution in [2.45, 2.75) is 64.3 Å². The number of nitrogens with one attached hydrogen (secondary N) is 2. The van der Waals surface area contributed by atoms with Gasteiger partial charge in [0, 0.05) is 11.5 Å². The minimum Gasteiger partial charge on any atom is -0.454 e. The van der Waals surface area contributed by atoms with Crippen molar-refractivity contribution < 1.29 is 28.4 Å². The molecule has 0 aromatic carbocycles. The lowest BCUT2D eigenvalue weighted by Gasteiger charge is -2.36. The van der Waals surface area contributed by atoms with Crippen LogP contribution in [0.3, 0.4) is 0 Å². The minimum atomic E-state index is -0.940. The van der Waals surface area contributed by atoms with E-state index in [0.717, 1.165) is 24.2 Å². The molecule has 3 rings (SSSR count). The van der Waals surface area contributed by atoms with Crippen molar-refractivity contribution in [1.29, 1.82) is 0 Å². The molecule has 1 aromatic heterocycles. The van der Waals surface area contributed by atoms with Gasteiger partial charge in [-0.2, -0.15) is 0 Å². The van der Waals surface area contributed by atoms with Gasteiger partial charge in [-0.25, -0.2) is 4.79 Å². The van der Waals surface area contributed by atoms with E-state index in [1.807, 2.05) is 27.7 Å². The van der Waals surface area contributed by atoms with Crippen molar-refractivity contribution in [2.75, 3.05) is 18.5 Å². The number of esters is 1. The van der Waals surface area contributed by atoms with Crippen LogP contribution < -0.4 is 10.6 Å². The van der Waals surface area contributed by atoms with Gasteiger partial charge in [-0.15, -0.1) is 0 Å². The molecule has 2 fully saturated rings. The van der Waals surface area contributed by atoms with Crippen molar-refractivity contribution >= 4 is 29.7 Å². The van der Waals surface area contributed by atoms with Crippen molar-refractivity contribution in [1.82, 2.24) is 15.4 Å². The van der Waals surface area contributed by atoms with E-state index in [1.54, 1.807) is 6.07 Å². The summed E-state index contributed by atoms with van der Waals surface area (Å²) in [5.74, 6) is -1.73. The number of imide groups is 1. The number of hydrogen-bond donors (Lipinski definition) is 2. The molecule has 30 heavy (non-hydrogen) atoms. The monoisotopic (exact) mass is 420 g/mol. The second-order valence-electron chi connectivity index (χ2n) is 8.97. The smallest absolute Gasteiger partial charge is 0.326 e. The number of nitrogens with zero attached hydrogens (tertiary/aromatic N) is 2. The van der Waals surface area contributed by atoms with Gasteiger partial charge in [0.05, 0.1) is 5.69 Å². The zero-order valence-corrected chi connectivity index (χ0v) is 17.7. The first-order valence-electron chi connectivity index (χ1n) is 10.1. The van der Waals surface area contributed by atoms with Gasteiger partial charge < -0.3 is 14.6 Å². The van der Waals surface area contributed by atoms with Gasteiger partial charge in [-0.3, -0.25) is 24.6 Å². The molecule has 10 heteroatoms. The summed E-state index contributed by atoms with van der Waals surface area (Å²) in [6.45, 7) is 6.67. The maximum absolute atomic E-state index is 12.8. The SMILES string of the molecule is C[C@@H]1CCCC[C@@]12NC(=O)N(CC(=O)OCC(=O)Nc1cc(C(C)(C)C)no1)C2=O. The lowest BCUT2D eigenvalue weighted by Crippen LogP contribution is -2.54. The third kappa shape index (κ3) is 4.31. The summed E-state index contributed by atoms with van der Waals surface area (Å²) in [7, 11) is 0. The number of aromatic nitrogens is 1. The van der Waals surface area contributed by atoms with Gasteiger partial charge in [-0.1, -0.05) is 45.7 Å². The van der Waals surface area contributed by atoms with Gasteiger partial charge in [0.2, 0.25) is 5.88 Å². The number of amides is 4. The highest BCUT2D eigenvalue weighted by Crippen LogP contribution is 2.38. The average molecular weight is 420 g/mol. The number of ether oxygens (including phenoxy) is 1. The fourth-order valence-electron chi connectivity index (χ4n) is 3.82. The van der Waals surface area contributed by atoms with Crippen LogP contribution in [0.4, 0.5) is 10.7 Å². The molecule has 0 radical (unpaired) electrons. The highest BCUT2D eigenvalue weighted by Gasteiger charge is 2.55. The lowest BCUT2D eigenvalue weighted by molar-refractivity contribution is -0.150. The van der Waals surface area contributed by atoms with Gasteiger partial charge >= 0.3 is 12.0 Å². The Labute approximate surface area is 174 Å². The molecule has 2 heterocycles. The van der Waals surface area contributed by atoms with Gasteiger partial charge in [0.1, 0.15) is 12.1 Å². The topological polar surface area (TPSA) is 131 Å². The van der Waals surface area contributed by atoms with Gasteiger partial charge in [0.25, 0.3) is 11.8 Å². The first-order chi connectivity index (χ1) is 14.0. The van der Waals surface area contributed by atoms with Crippen LogP contribution in [0, 0.1) is 5.92 Å². The fraction of sp³-hybridized carbons (Fsp3) is 0.650. The maximum Gasteiger partial charge on any atom is 0.326 e. The second-order valence-corrected chi connectivity index (χ2v) is 8.97. The van der Waals surface area contributed by atoms with Crippen LogP contribution in [0.25, 0.3) is 0 Å². The Morgan fingerprint density at radius 1 is 1.37 bits per heavy atom. The van der Waals surface area contributed by atoms with Crippen LogP contribution in [0.1, 0.15) is 59.1 Å². The van der Waals surface area contributed by atoms with Crippen molar-refractivity contribution in [2.24, 2.45) is 5.92 Å². The van der Waals surface area contributed by atoms with Crippen molar-refractivity contribution in [3.05, 3.63) is 11.8 Å². The third-order valence-electron chi connectivity index (χ3n) is 5.69. The van der Waals surface area contributed by atoms with Gasteiger partial charge in [0.15, 0.2) is 6.61 Å². The number of carbonyl (C=O) groups is 4. The van der Waals surface area contributed by atoms with E-state index in [4.69, 9.17) is 9.26 Å². The molecule has 4 amide bonds. The Hall–Kier alpha value is -2.91.